The van der Waals surface area contributed by atoms with Crippen molar-refractivity contribution in [3.8, 4) is 11.5 Å². The van der Waals surface area contributed by atoms with E-state index in [0.717, 1.165) is 11.0 Å². The number of halogens is 1. The van der Waals surface area contributed by atoms with Gasteiger partial charge in [-0.2, -0.15) is 4.31 Å². The highest BCUT2D eigenvalue weighted by atomic mass is 32.2. The lowest BCUT2D eigenvalue weighted by atomic mass is 9.97. The van der Waals surface area contributed by atoms with E-state index in [1.54, 1.807) is 6.07 Å². The van der Waals surface area contributed by atoms with Gasteiger partial charge < -0.3 is 14.8 Å². The summed E-state index contributed by atoms with van der Waals surface area (Å²) in [5.74, 6) is -0.0409. The fourth-order valence-corrected chi connectivity index (χ4v) is 5.81. The topological polar surface area (TPSA) is 84.9 Å². The van der Waals surface area contributed by atoms with Crippen molar-refractivity contribution in [2.75, 3.05) is 37.9 Å². The molecule has 2 heterocycles. The highest BCUT2D eigenvalue weighted by molar-refractivity contribution is 7.98. The quantitative estimate of drug-likeness (QED) is 0.681. The van der Waals surface area contributed by atoms with Gasteiger partial charge in [-0.3, -0.25) is 4.79 Å². The van der Waals surface area contributed by atoms with Crippen molar-refractivity contribution in [1.82, 2.24) is 4.31 Å². The third-order valence-corrected chi connectivity index (χ3v) is 8.11. The number of anilines is 1. The molecule has 4 rings (SSSR count). The predicted molar refractivity (Wildman–Crippen MR) is 116 cm³/mol. The lowest BCUT2D eigenvalue weighted by Crippen LogP contribution is -2.41. The molecule has 0 bridgehead atoms. The molecule has 166 valence electrons. The summed E-state index contributed by atoms with van der Waals surface area (Å²) in [5.41, 5.74) is 0.642. The van der Waals surface area contributed by atoms with E-state index in [-0.39, 0.29) is 29.8 Å². The molecule has 0 radical (unpaired) electrons. The summed E-state index contributed by atoms with van der Waals surface area (Å²) in [5, 5.41) is 2.95. The molecule has 0 atom stereocenters. The normalized spacial score (nSPS) is 17.4. The first-order chi connectivity index (χ1) is 14.9. The van der Waals surface area contributed by atoms with Gasteiger partial charge in [0, 0.05) is 30.0 Å². The molecule has 10 heteroatoms. The summed E-state index contributed by atoms with van der Waals surface area (Å²) in [7, 11) is -3.93. The summed E-state index contributed by atoms with van der Waals surface area (Å²) in [6.45, 7) is 1.26. The molecule has 1 fully saturated rings. The van der Waals surface area contributed by atoms with Crippen LogP contribution in [0.3, 0.4) is 0 Å². The Kier molecular flexibility index (Phi) is 6.40. The standard InChI is InChI=1S/C21H23FN2O5S2/c1-30-19-13-18-17(28-10-11-29-18)12-16(19)23-21(25)14-6-8-24(9-7-14)31(26,27)20-5-3-2-4-15(20)22/h2-5,12-14H,6-11H2,1H3,(H,23,25). The van der Waals surface area contributed by atoms with Gasteiger partial charge in [0.15, 0.2) is 11.5 Å². The number of sulfonamides is 1. The van der Waals surface area contributed by atoms with Crippen LogP contribution in [0.4, 0.5) is 10.1 Å². The molecule has 2 aliphatic heterocycles. The van der Waals surface area contributed by atoms with E-state index in [1.807, 2.05) is 12.3 Å². The Morgan fingerprint density at radius 2 is 1.77 bits per heavy atom. The van der Waals surface area contributed by atoms with E-state index in [9.17, 15) is 17.6 Å². The maximum atomic E-state index is 14.0. The molecule has 0 aromatic heterocycles. The highest BCUT2D eigenvalue weighted by Gasteiger charge is 2.33. The van der Waals surface area contributed by atoms with E-state index in [2.05, 4.69) is 5.32 Å². The van der Waals surface area contributed by atoms with E-state index in [1.165, 1.54) is 34.3 Å². The van der Waals surface area contributed by atoms with Crippen molar-refractivity contribution in [1.29, 1.82) is 0 Å². The Labute approximate surface area is 185 Å². The van der Waals surface area contributed by atoms with Crippen molar-refractivity contribution >= 4 is 33.4 Å². The SMILES string of the molecule is CSc1cc2c(cc1NC(=O)C1CCN(S(=O)(=O)c3ccccc3F)CC1)OCCO2. The molecule has 2 aromatic rings. The van der Waals surface area contributed by atoms with E-state index in [0.29, 0.717) is 43.2 Å². The van der Waals surface area contributed by atoms with Crippen LogP contribution in [0.5, 0.6) is 11.5 Å². The molecule has 0 spiro atoms. The number of fused-ring (bicyclic) bond motifs is 1. The van der Waals surface area contributed by atoms with Crippen LogP contribution in [0.15, 0.2) is 46.2 Å². The van der Waals surface area contributed by atoms with Crippen molar-refractivity contribution < 1.29 is 27.1 Å². The number of benzene rings is 2. The van der Waals surface area contributed by atoms with Crippen LogP contribution < -0.4 is 14.8 Å². The molecular formula is C21H23FN2O5S2. The number of rotatable bonds is 5. The third-order valence-electron chi connectivity index (χ3n) is 5.40. The van der Waals surface area contributed by atoms with E-state index in [4.69, 9.17) is 9.47 Å². The number of carbonyl (C=O) groups is 1. The van der Waals surface area contributed by atoms with Crippen LogP contribution in [0.25, 0.3) is 0 Å². The summed E-state index contributed by atoms with van der Waals surface area (Å²) in [6.07, 6.45) is 2.63. The van der Waals surface area contributed by atoms with Gasteiger partial charge in [0.1, 0.15) is 23.9 Å². The maximum absolute atomic E-state index is 14.0. The van der Waals surface area contributed by atoms with Crippen LogP contribution in [-0.2, 0) is 14.8 Å². The molecule has 31 heavy (non-hydrogen) atoms. The molecular weight excluding hydrogens is 443 g/mol. The van der Waals surface area contributed by atoms with Gasteiger partial charge in [0.2, 0.25) is 15.9 Å². The van der Waals surface area contributed by atoms with Gasteiger partial charge in [-0.05, 0) is 37.3 Å². The van der Waals surface area contributed by atoms with Crippen molar-refractivity contribution in [3.63, 3.8) is 0 Å². The molecule has 0 aliphatic carbocycles. The number of amides is 1. The number of hydrogen-bond donors (Lipinski definition) is 1. The molecule has 0 saturated carbocycles. The first-order valence-electron chi connectivity index (χ1n) is 9.93. The minimum Gasteiger partial charge on any atom is -0.486 e. The molecule has 1 amide bonds. The second kappa shape index (κ2) is 9.05. The zero-order valence-corrected chi connectivity index (χ0v) is 18.6. The lowest BCUT2D eigenvalue weighted by Gasteiger charge is -2.30. The van der Waals surface area contributed by atoms with Gasteiger partial charge in [0.05, 0.1) is 5.69 Å². The molecule has 0 unspecified atom stereocenters. The molecule has 7 nitrogen and oxygen atoms in total. The van der Waals surface area contributed by atoms with Crippen LogP contribution in [0.2, 0.25) is 0 Å². The number of thioether (sulfide) groups is 1. The largest absolute Gasteiger partial charge is 0.486 e. The average Bonchev–Trinajstić information content (AvgIpc) is 2.78. The van der Waals surface area contributed by atoms with Gasteiger partial charge >= 0.3 is 0 Å². The number of hydrogen-bond acceptors (Lipinski definition) is 6. The zero-order chi connectivity index (χ0) is 22.0. The predicted octanol–water partition coefficient (Wildman–Crippen LogP) is 3.36. The Morgan fingerprint density at radius 3 is 2.42 bits per heavy atom. The van der Waals surface area contributed by atoms with Crippen LogP contribution >= 0.6 is 11.8 Å². The number of nitrogens with zero attached hydrogens (tertiary/aromatic N) is 1. The highest BCUT2D eigenvalue weighted by Crippen LogP contribution is 2.39. The summed E-state index contributed by atoms with van der Waals surface area (Å²) in [4.78, 5) is 13.4. The minimum absolute atomic E-state index is 0.158. The smallest absolute Gasteiger partial charge is 0.245 e. The Morgan fingerprint density at radius 1 is 1.13 bits per heavy atom. The van der Waals surface area contributed by atoms with Crippen molar-refractivity contribution in [2.45, 2.75) is 22.6 Å². The maximum Gasteiger partial charge on any atom is 0.245 e. The fraction of sp³-hybridized carbons (Fsp3) is 0.381. The number of piperidine rings is 1. The van der Waals surface area contributed by atoms with Crippen LogP contribution in [0, 0.1) is 11.7 Å². The molecule has 2 aromatic carbocycles. The van der Waals surface area contributed by atoms with Gasteiger partial charge in [-0.1, -0.05) is 12.1 Å². The van der Waals surface area contributed by atoms with Crippen molar-refractivity contribution in [3.05, 3.63) is 42.2 Å². The summed E-state index contributed by atoms with van der Waals surface area (Å²) >= 11 is 1.49. The fourth-order valence-electron chi connectivity index (χ4n) is 3.72. The first-order valence-corrected chi connectivity index (χ1v) is 12.6. The van der Waals surface area contributed by atoms with Crippen molar-refractivity contribution in [2.24, 2.45) is 5.92 Å². The second-order valence-electron chi connectivity index (χ2n) is 7.29. The minimum atomic E-state index is -3.93. The average molecular weight is 467 g/mol. The van der Waals surface area contributed by atoms with Crippen LogP contribution in [-0.4, -0.2) is 51.2 Å². The van der Waals surface area contributed by atoms with Gasteiger partial charge in [-0.15, -0.1) is 11.8 Å². The third kappa shape index (κ3) is 4.51. The van der Waals surface area contributed by atoms with Gasteiger partial charge in [0.25, 0.3) is 0 Å². The van der Waals surface area contributed by atoms with Gasteiger partial charge in [-0.25, -0.2) is 12.8 Å². The Balaban J connectivity index is 1.43. The Bertz CT molecular complexity index is 1090. The zero-order valence-electron chi connectivity index (χ0n) is 17.0. The number of nitrogens with one attached hydrogen (secondary N) is 1. The first kappa shape index (κ1) is 21.9. The number of carbonyl (C=O) groups excluding carboxylic acids is 1. The second-order valence-corrected chi connectivity index (χ2v) is 10.0. The monoisotopic (exact) mass is 466 g/mol. The summed E-state index contributed by atoms with van der Waals surface area (Å²) < 4.78 is 51.9. The Hall–Kier alpha value is -2.30. The summed E-state index contributed by atoms with van der Waals surface area (Å²) in [6, 6.07) is 8.94. The molecule has 1 N–H and O–H groups in total. The number of ether oxygens (including phenoxy) is 2. The van der Waals surface area contributed by atoms with E-state index < -0.39 is 15.8 Å². The van der Waals surface area contributed by atoms with E-state index >= 15 is 0 Å². The van der Waals surface area contributed by atoms with Crippen LogP contribution in [0.1, 0.15) is 12.8 Å². The molecule has 1 saturated heterocycles. The molecule has 2 aliphatic rings. The lowest BCUT2D eigenvalue weighted by molar-refractivity contribution is -0.120.